The van der Waals surface area contributed by atoms with Crippen LogP contribution in [0.3, 0.4) is 0 Å². The summed E-state index contributed by atoms with van der Waals surface area (Å²) in [6, 6.07) is 21.8. The van der Waals surface area contributed by atoms with Crippen molar-refractivity contribution in [1.29, 1.82) is 0 Å². The minimum atomic E-state index is -0.657. The predicted molar refractivity (Wildman–Crippen MR) is 123 cm³/mol. The monoisotopic (exact) mass is 393 g/mol. The van der Waals surface area contributed by atoms with E-state index in [9.17, 15) is 5.11 Å². The third-order valence-corrected chi connectivity index (χ3v) is 7.04. The zero-order valence-corrected chi connectivity index (χ0v) is 18.5. The predicted octanol–water partition coefficient (Wildman–Crippen LogP) is 6.83. The van der Waals surface area contributed by atoms with Crippen LogP contribution in [-0.2, 0) is 0 Å². The van der Waals surface area contributed by atoms with Crippen molar-refractivity contribution in [1.82, 2.24) is 5.32 Å². The molecule has 0 saturated carbocycles. The van der Waals surface area contributed by atoms with Crippen molar-refractivity contribution in [2.75, 3.05) is 0 Å². The lowest BCUT2D eigenvalue weighted by Crippen LogP contribution is -2.58. The Morgan fingerprint density at radius 1 is 0.793 bits per heavy atom. The largest absolute Gasteiger partial charge is 0.389 e. The number of hydrogen-bond donors (Lipinski definition) is 2. The van der Waals surface area contributed by atoms with Crippen LogP contribution in [0.2, 0.25) is 0 Å². The fourth-order valence-corrected chi connectivity index (χ4v) is 5.38. The van der Waals surface area contributed by atoms with E-state index in [1.54, 1.807) is 0 Å². The Kier molecular flexibility index (Phi) is 7.91. The summed E-state index contributed by atoms with van der Waals surface area (Å²) in [6.07, 6.45) is 7.84. The second-order valence-corrected chi connectivity index (χ2v) is 8.93. The van der Waals surface area contributed by atoms with Gasteiger partial charge < -0.3 is 10.4 Å². The van der Waals surface area contributed by atoms with Gasteiger partial charge in [0.15, 0.2) is 0 Å². The van der Waals surface area contributed by atoms with Gasteiger partial charge in [0.05, 0.1) is 5.60 Å². The molecule has 2 nitrogen and oxygen atoms in total. The van der Waals surface area contributed by atoms with E-state index < -0.39 is 5.60 Å². The van der Waals surface area contributed by atoms with E-state index in [-0.39, 0.29) is 23.9 Å². The average Bonchev–Trinajstić information content (AvgIpc) is 2.76. The molecule has 29 heavy (non-hydrogen) atoms. The van der Waals surface area contributed by atoms with Crippen LogP contribution in [0.25, 0.3) is 0 Å². The second-order valence-electron chi connectivity index (χ2n) is 8.93. The summed E-state index contributed by atoms with van der Waals surface area (Å²) in [4.78, 5) is 0. The smallest absolute Gasteiger partial charge is 0.0737 e. The molecule has 2 N–H and O–H groups in total. The summed E-state index contributed by atoms with van der Waals surface area (Å²) in [5.41, 5.74) is 1.92. The summed E-state index contributed by atoms with van der Waals surface area (Å²) < 4.78 is 0. The van der Waals surface area contributed by atoms with Crippen LogP contribution in [0.4, 0.5) is 0 Å². The molecule has 2 heteroatoms. The quantitative estimate of drug-likeness (QED) is 0.458. The van der Waals surface area contributed by atoms with Gasteiger partial charge in [0.1, 0.15) is 0 Å². The summed E-state index contributed by atoms with van der Waals surface area (Å²) in [5.74, 6) is 0.398. The van der Waals surface area contributed by atoms with Crippen molar-refractivity contribution in [2.24, 2.45) is 11.8 Å². The van der Waals surface area contributed by atoms with Gasteiger partial charge in [-0.15, -0.1) is 0 Å². The molecule has 3 rings (SSSR count). The number of hydrogen-bond acceptors (Lipinski definition) is 2. The van der Waals surface area contributed by atoms with E-state index >= 15 is 0 Å². The molecule has 0 radical (unpaired) electrons. The normalized spacial score (nSPS) is 29.7. The Hall–Kier alpha value is -1.64. The SMILES string of the molecule is CCCCCC[C@]1(O)[C@H](C)[C@H](c2ccccc2)N[C@@H](c2ccccc2)[C@H]1CCC. The van der Waals surface area contributed by atoms with Gasteiger partial charge in [-0.1, -0.05) is 114 Å². The van der Waals surface area contributed by atoms with Crippen LogP contribution < -0.4 is 5.32 Å². The van der Waals surface area contributed by atoms with Crippen LogP contribution >= 0.6 is 0 Å². The highest BCUT2D eigenvalue weighted by Crippen LogP contribution is 2.50. The number of benzene rings is 2. The van der Waals surface area contributed by atoms with E-state index in [1.807, 2.05) is 0 Å². The van der Waals surface area contributed by atoms with Crippen LogP contribution in [0, 0.1) is 11.8 Å². The minimum absolute atomic E-state index is 0.158. The molecule has 1 aliphatic rings. The molecule has 1 saturated heterocycles. The fourth-order valence-electron chi connectivity index (χ4n) is 5.38. The zero-order chi connectivity index (χ0) is 20.7. The molecule has 1 heterocycles. The molecule has 2 aromatic carbocycles. The number of unbranched alkanes of at least 4 members (excludes halogenated alkanes) is 3. The standard InChI is InChI=1S/C27H39NO/c1-4-6-7-14-20-27(29)21(3)25(22-16-10-8-11-17-22)28-26(24(27)15-5-2)23-18-12-9-13-19-23/h8-13,16-19,21,24-26,28-29H,4-7,14-15,20H2,1-3H3/t21-,24-,25-,26+,27+/m1/s1. The first-order chi connectivity index (χ1) is 14.1. The molecular formula is C27H39NO. The lowest BCUT2D eigenvalue weighted by atomic mass is 9.62. The molecule has 1 fully saturated rings. The molecule has 0 aliphatic carbocycles. The van der Waals surface area contributed by atoms with Gasteiger partial charge in [-0.2, -0.15) is 0 Å². The van der Waals surface area contributed by atoms with Gasteiger partial charge >= 0.3 is 0 Å². The Labute approximate surface area is 177 Å². The van der Waals surface area contributed by atoms with Gasteiger partial charge in [-0.05, 0) is 24.0 Å². The third-order valence-electron chi connectivity index (χ3n) is 7.04. The van der Waals surface area contributed by atoms with Gasteiger partial charge in [-0.25, -0.2) is 0 Å². The van der Waals surface area contributed by atoms with Gasteiger partial charge in [0.2, 0.25) is 0 Å². The fraction of sp³-hybridized carbons (Fsp3) is 0.556. The molecule has 0 aromatic heterocycles. The first kappa shape index (κ1) is 22.1. The highest BCUT2D eigenvalue weighted by atomic mass is 16.3. The average molecular weight is 394 g/mol. The Morgan fingerprint density at radius 3 is 1.93 bits per heavy atom. The van der Waals surface area contributed by atoms with Crippen LogP contribution in [-0.4, -0.2) is 10.7 Å². The first-order valence-electron chi connectivity index (χ1n) is 11.7. The highest BCUT2D eigenvalue weighted by molar-refractivity contribution is 5.28. The number of rotatable bonds is 9. The van der Waals surface area contributed by atoms with Gasteiger partial charge in [0.25, 0.3) is 0 Å². The molecule has 5 atom stereocenters. The Balaban J connectivity index is 1.98. The van der Waals surface area contributed by atoms with Crippen molar-refractivity contribution in [3.63, 3.8) is 0 Å². The van der Waals surface area contributed by atoms with Crippen molar-refractivity contribution < 1.29 is 5.11 Å². The lowest BCUT2D eigenvalue weighted by molar-refractivity contribution is -0.126. The van der Waals surface area contributed by atoms with E-state index in [1.165, 1.54) is 30.4 Å². The van der Waals surface area contributed by atoms with E-state index in [0.29, 0.717) is 0 Å². The summed E-state index contributed by atoms with van der Waals surface area (Å²) in [5, 5.41) is 16.2. The molecule has 158 valence electrons. The molecular weight excluding hydrogens is 354 g/mol. The lowest BCUT2D eigenvalue weighted by Gasteiger charge is -2.53. The highest BCUT2D eigenvalue weighted by Gasteiger charge is 2.52. The van der Waals surface area contributed by atoms with Crippen LogP contribution in [0.15, 0.2) is 60.7 Å². The molecule has 0 bridgehead atoms. The summed E-state index contributed by atoms with van der Waals surface area (Å²) in [6.45, 7) is 6.75. The van der Waals surface area contributed by atoms with Crippen molar-refractivity contribution in [3.05, 3.63) is 71.8 Å². The number of piperidine rings is 1. The van der Waals surface area contributed by atoms with Crippen molar-refractivity contribution in [2.45, 2.75) is 83.4 Å². The maximum absolute atomic E-state index is 12.3. The maximum atomic E-state index is 12.3. The van der Waals surface area contributed by atoms with Crippen molar-refractivity contribution in [3.8, 4) is 0 Å². The maximum Gasteiger partial charge on any atom is 0.0737 e. The Bertz CT molecular complexity index is 716. The van der Waals surface area contributed by atoms with Gasteiger partial charge in [-0.3, -0.25) is 0 Å². The zero-order valence-electron chi connectivity index (χ0n) is 18.5. The Morgan fingerprint density at radius 2 is 1.38 bits per heavy atom. The van der Waals surface area contributed by atoms with Crippen LogP contribution in [0.5, 0.6) is 0 Å². The first-order valence-corrected chi connectivity index (χ1v) is 11.7. The third kappa shape index (κ3) is 4.92. The van der Waals surface area contributed by atoms with E-state index in [2.05, 4.69) is 86.8 Å². The molecule has 0 amide bonds. The second kappa shape index (κ2) is 10.4. The molecule has 2 aromatic rings. The van der Waals surface area contributed by atoms with Gasteiger partial charge in [0, 0.05) is 23.9 Å². The minimum Gasteiger partial charge on any atom is -0.389 e. The number of nitrogens with one attached hydrogen (secondary N) is 1. The van der Waals surface area contributed by atoms with Crippen LogP contribution in [0.1, 0.15) is 88.9 Å². The van der Waals surface area contributed by atoms with E-state index in [0.717, 1.165) is 25.7 Å². The van der Waals surface area contributed by atoms with E-state index in [4.69, 9.17) is 0 Å². The summed E-state index contributed by atoms with van der Waals surface area (Å²) in [7, 11) is 0. The number of aliphatic hydroxyl groups is 1. The molecule has 0 unspecified atom stereocenters. The summed E-state index contributed by atoms with van der Waals surface area (Å²) >= 11 is 0. The van der Waals surface area contributed by atoms with Crippen molar-refractivity contribution >= 4 is 0 Å². The molecule has 0 spiro atoms. The molecule has 1 aliphatic heterocycles. The topological polar surface area (TPSA) is 32.3 Å².